The van der Waals surface area contributed by atoms with Crippen LogP contribution in [-0.2, 0) is 11.3 Å². The molecule has 2 aromatic heterocycles. The van der Waals surface area contributed by atoms with Gasteiger partial charge in [-0.15, -0.1) is 0 Å². The Kier molecular flexibility index (Phi) is 5.76. The zero-order valence-corrected chi connectivity index (χ0v) is 16.1. The lowest BCUT2D eigenvalue weighted by Crippen LogP contribution is -2.36. The largest absolute Gasteiger partial charge is 0.310 e. The predicted octanol–water partition coefficient (Wildman–Crippen LogP) is 2.79. The molecule has 1 amide bonds. The Bertz CT molecular complexity index is 692. The third kappa shape index (κ3) is 4.72. The van der Waals surface area contributed by atoms with Crippen LogP contribution in [0.15, 0.2) is 30.7 Å². The number of amides is 1. The number of piperidine rings is 1. The Hall–Kier alpha value is -2.15. The first-order chi connectivity index (χ1) is 12.4. The summed E-state index contributed by atoms with van der Waals surface area (Å²) in [7, 11) is 0. The highest BCUT2D eigenvalue weighted by Crippen LogP contribution is 2.26. The molecule has 0 aromatic carbocycles. The summed E-state index contributed by atoms with van der Waals surface area (Å²) in [5.41, 5.74) is -0.410. The number of aromatic nitrogens is 4. The highest BCUT2D eigenvalue weighted by Gasteiger charge is 2.26. The molecule has 1 fully saturated rings. The van der Waals surface area contributed by atoms with Crippen LogP contribution in [-0.4, -0.2) is 50.0 Å². The van der Waals surface area contributed by atoms with Gasteiger partial charge in [-0.05, 0) is 31.9 Å². The van der Waals surface area contributed by atoms with Gasteiger partial charge < -0.3 is 10.2 Å². The van der Waals surface area contributed by atoms with Crippen LogP contribution in [0.3, 0.4) is 0 Å². The van der Waals surface area contributed by atoms with Crippen LogP contribution in [0.5, 0.6) is 0 Å². The second kappa shape index (κ2) is 8.03. The standard InChI is InChI=1S/C19H30N6O/c1-19(2,3)18(26)22-17-6-10-21-25(17)16-7-14-23(15-8-16)11-5-13-24-12-4-9-20-24/h4,6,9-10,12,16H,5,7-8,11,13-15H2,1-3H3,(H,22,26). The predicted molar refractivity (Wildman–Crippen MR) is 102 cm³/mol. The van der Waals surface area contributed by atoms with Crippen LogP contribution < -0.4 is 5.32 Å². The van der Waals surface area contributed by atoms with Crippen LogP contribution in [0.1, 0.15) is 46.1 Å². The molecule has 0 aliphatic carbocycles. The molecule has 1 N–H and O–H groups in total. The van der Waals surface area contributed by atoms with E-state index < -0.39 is 5.41 Å². The van der Waals surface area contributed by atoms with Crippen molar-refractivity contribution in [2.45, 2.75) is 52.6 Å². The normalized spacial score (nSPS) is 16.7. The first-order valence-electron chi connectivity index (χ1n) is 9.48. The summed E-state index contributed by atoms with van der Waals surface area (Å²) < 4.78 is 3.98. The van der Waals surface area contributed by atoms with Crippen molar-refractivity contribution in [1.82, 2.24) is 24.5 Å². The molecule has 0 atom stereocenters. The van der Waals surface area contributed by atoms with Crippen LogP contribution in [0.25, 0.3) is 0 Å². The van der Waals surface area contributed by atoms with E-state index in [2.05, 4.69) is 20.4 Å². The van der Waals surface area contributed by atoms with Gasteiger partial charge in [-0.3, -0.25) is 9.48 Å². The molecule has 2 aromatic rings. The molecule has 1 aliphatic rings. The van der Waals surface area contributed by atoms with E-state index >= 15 is 0 Å². The minimum Gasteiger partial charge on any atom is -0.310 e. The van der Waals surface area contributed by atoms with Gasteiger partial charge in [0, 0.05) is 43.5 Å². The fourth-order valence-corrected chi connectivity index (χ4v) is 3.28. The molecule has 0 radical (unpaired) electrons. The lowest BCUT2D eigenvalue weighted by Gasteiger charge is -2.32. The van der Waals surface area contributed by atoms with Crippen LogP contribution in [0.2, 0.25) is 0 Å². The fourth-order valence-electron chi connectivity index (χ4n) is 3.28. The SMILES string of the molecule is CC(C)(C)C(=O)Nc1ccnn1C1CCN(CCCn2cccn2)CC1. The highest BCUT2D eigenvalue weighted by atomic mass is 16.2. The molecule has 7 nitrogen and oxygen atoms in total. The number of nitrogens with zero attached hydrogens (tertiary/aromatic N) is 5. The molecule has 1 saturated heterocycles. The van der Waals surface area contributed by atoms with E-state index in [1.807, 2.05) is 54.7 Å². The Morgan fingerprint density at radius 3 is 2.62 bits per heavy atom. The lowest BCUT2D eigenvalue weighted by molar-refractivity contribution is -0.123. The Morgan fingerprint density at radius 2 is 1.96 bits per heavy atom. The number of hydrogen-bond donors (Lipinski definition) is 1. The maximum Gasteiger partial charge on any atom is 0.230 e. The molecule has 3 heterocycles. The molecular weight excluding hydrogens is 328 g/mol. The number of nitrogens with one attached hydrogen (secondary N) is 1. The van der Waals surface area contributed by atoms with Crippen LogP contribution in [0.4, 0.5) is 5.82 Å². The zero-order chi connectivity index (χ0) is 18.6. The number of likely N-dealkylation sites (tertiary alicyclic amines) is 1. The van der Waals surface area contributed by atoms with E-state index in [4.69, 9.17) is 0 Å². The van der Waals surface area contributed by atoms with Crippen molar-refractivity contribution in [2.24, 2.45) is 5.41 Å². The van der Waals surface area contributed by atoms with Crippen molar-refractivity contribution < 1.29 is 4.79 Å². The Balaban J connectivity index is 1.48. The third-order valence-corrected chi connectivity index (χ3v) is 4.92. The van der Waals surface area contributed by atoms with Crippen LogP contribution in [0, 0.1) is 5.41 Å². The Morgan fingerprint density at radius 1 is 1.19 bits per heavy atom. The van der Waals surface area contributed by atoms with Gasteiger partial charge in [-0.1, -0.05) is 20.8 Å². The zero-order valence-electron chi connectivity index (χ0n) is 16.1. The molecule has 3 rings (SSSR count). The number of rotatable bonds is 6. The molecule has 0 unspecified atom stereocenters. The summed E-state index contributed by atoms with van der Waals surface area (Å²) in [6.45, 7) is 9.96. The molecule has 1 aliphatic heterocycles. The maximum atomic E-state index is 12.3. The van der Waals surface area contributed by atoms with Crippen molar-refractivity contribution >= 4 is 11.7 Å². The lowest BCUT2D eigenvalue weighted by atomic mass is 9.96. The van der Waals surface area contributed by atoms with E-state index in [0.717, 1.165) is 51.3 Å². The molecule has 142 valence electrons. The molecule has 0 bridgehead atoms. The maximum absolute atomic E-state index is 12.3. The monoisotopic (exact) mass is 358 g/mol. The minimum atomic E-state index is -0.410. The molecule has 0 spiro atoms. The van der Waals surface area contributed by atoms with Crippen molar-refractivity contribution in [3.05, 3.63) is 30.7 Å². The van der Waals surface area contributed by atoms with Gasteiger partial charge in [0.2, 0.25) is 5.91 Å². The van der Waals surface area contributed by atoms with E-state index in [-0.39, 0.29) is 5.91 Å². The summed E-state index contributed by atoms with van der Waals surface area (Å²) in [6.07, 6.45) is 8.84. The van der Waals surface area contributed by atoms with Crippen molar-refractivity contribution in [2.75, 3.05) is 25.0 Å². The van der Waals surface area contributed by atoms with Gasteiger partial charge in [0.1, 0.15) is 5.82 Å². The highest BCUT2D eigenvalue weighted by molar-refractivity contribution is 5.93. The van der Waals surface area contributed by atoms with Crippen molar-refractivity contribution in [3.63, 3.8) is 0 Å². The molecule has 0 saturated carbocycles. The van der Waals surface area contributed by atoms with Crippen molar-refractivity contribution in [3.8, 4) is 0 Å². The third-order valence-electron chi connectivity index (χ3n) is 4.92. The van der Waals surface area contributed by atoms with Crippen molar-refractivity contribution in [1.29, 1.82) is 0 Å². The van der Waals surface area contributed by atoms with Crippen LogP contribution >= 0.6 is 0 Å². The van der Waals surface area contributed by atoms with E-state index in [9.17, 15) is 4.79 Å². The number of hydrogen-bond acceptors (Lipinski definition) is 4. The summed E-state index contributed by atoms with van der Waals surface area (Å²) in [5, 5.41) is 11.7. The molecule has 26 heavy (non-hydrogen) atoms. The summed E-state index contributed by atoms with van der Waals surface area (Å²) in [6, 6.07) is 4.20. The first-order valence-corrected chi connectivity index (χ1v) is 9.48. The summed E-state index contributed by atoms with van der Waals surface area (Å²) in [5.74, 6) is 0.831. The van der Waals surface area contributed by atoms with Gasteiger partial charge in [0.15, 0.2) is 0 Å². The van der Waals surface area contributed by atoms with E-state index in [1.54, 1.807) is 6.20 Å². The summed E-state index contributed by atoms with van der Waals surface area (Å²) >= 11 is 0. The van der Waals surface area contributed by atoms with Gasteiger partial charge in [0.25, 0.3) is 0 Å². The smallest absolute Gasteiger partial charge is 0.230 e. The van der Waals surface area contributed by atoms with E-state index in [1.165, 1.54) is 0 Å². The molecular formula is C19H30N6O. The number of carbonyl (C=O) groups is 1. The topological polar surface area (TPSA) is 68.0 Å². The second-order valence-corrected chi connectivity index (χ2v) is 8.06. The average Bonchev–Trinajstić information content (AvgIpc) is 3.26. The fraction of sp³-hybridized carbons (Fsp3) is 0.632. The Labute approximate surface area is 155 Å². The van der Waals surface area contributed by atoms with Gasteiger partial charge in [-0.2, -0.15) is 10.2 Å². The van der Waals surface area contributed by atoms with Gasteiger partial charge in [-0.25, -0.2) is 4.68 Å². The second-order valence-electron chi connectivity index (χ2n) is 8.06. The minimum absolute atomic E-state index is 0.0234. The first kappa shape index (κ1) is 18.6. The van der Waals surface area contributed by atoms with Gasteiger partial charge >= 0.3 is 0 Å². The number of anilines is 1. The summed E-state index contributed by atoms with van der Waals surface area (Å²) in [4.78, 5) is 14.8. The average molecular weight is 358 g/mol. The van der Waals surface area contributed by atoms with Gasteiger partial charge in [0.05, 0.1) is 12.2 Å². The molecule has 7 heteroatoms. The number of carbonyl (C=O) groups excluding carboxylic acids is 1. The number of aryl methyl sites for hydroxylation is 1. The van der Waals surface area contributed by atoms with E-state index in [0.29, 0.717) is 6.04 Å². The quantitative estimate of drug-likeness (QED) is 0.862.